The van der Waals surface area contributed by atoms with Gasteiger partial charge in [-0.1, -0.05) is 30.3 Å². The van der Waals surface area contributed by atoms with Crippen molar-refractivity contribution < 1.29 is 18.6 Å². The maximum Gasteiger partial charge on any atom is 0.542 e. The van der Waals surface area contributed by atoms with Crippen LogP contribution in [0.25, 0.3) is 5.76 Å². The molecule has 162 valence electrons. The van der Waals surface area contributed by atoms with E-state index in [1.54, 1.807) is 0 Å². The van der Waals surface area contributed by atoms with E-state index in [2.05, 4.69) is 0 Å². The maximum atomic E-state index is 11.0. The van der Waals surface area contributed by atoms with Gasteiger partial charge in [0.15, 0.2) is 5.75 Å². The number of hydrogen-bond acceptors (Lipinski definition) is 4. The van der Waals surface area contributed by atoms with E-state index < -0.39 is 8.69 Å². The highest BCUT2D eigenvalue weighted by atomic mass is 35.5. The molecule has 2 aromatic rings. The second-order valence-electron chi connectivity index (χ2n) is 9.00. The lowest BCUT2D eigenvalue weighted by molar-refractivity contribution is 0.0820. The van der Waals surface area contributed by atoms with E-state index in [4.69, 9.17) is 25.6 Å². The number of para-hydroxylation sites is 1. The summed E-state index contributed by atoms with van der Waals surface area (Å²) < 4.78 is 28.5. The highest BCUT2D eigenvalue weighted by Crippen LogP contribution is 2.61. The number of hydrogen-bond donors (Lipinski definition) is 0. The third-order valence-electron chi connectivity index (χ3n) is 6.85. The molecule has 0 spiro atoms. The SMILES string of the molecule is O=[PH+]Oc1cccc(C(OCCOc2ccccc2)=C2C3CC4CC2CC(Cl)(C4)C3)c1. The molecule has 4 nitrogen and oxygen atoms in total. The number of alkyl halides is 1. The first-order valence-electron chi connectivity index (χ1n) is 11.0. The lowest BCUT2D eigenvalue weighted by atomic mass is 9.53. The largest absolute Gasteiger partial charge is 0.542 e. The van der Waals surface area contributed by atoms with Crippen LogP contribution in [-0.4, -0.2) is 18.1 Å². The Morgan fingerprint density at radius 3 is 2.42 bits per heavy atom. The lowest BCUT2D eigenvalue weighted by Gasteiger charge is -2.55. The minimum Gasteiger partial charge on any atom is -0.490 e. The van der Waals surface area contributed by atoms with Gasteiger partial charge in [0.05, 0.1) is 0 Å². The van der Waals surface area contributed by atoms with Crippen LogP contribution in [0, 0.1) is 17.8 Å². The van der Waals surface area contributed by atoms with E-state index in [1.807, 2.05) is 54.6 Å². The van der Waals surface area contributed by atoms with Gasteiger partial charge in [-0.3, -0.25) is 4.52 Å². The summed E-state index contributed by atoms with van der Waals surface area (Å²) in [4.78, 5) is -0.0316. The zero-order valence-corrected chi connectivity index (χ0v) is 19.1. The molecule has 3 atom stereocenters. The van der Waals surface area contributed by atoms with Crippen LogP contribution < -0.4 is 9.26 Å². The third kappa shape index (κ3) is 4.47. The lowest BCUT2D eigenvalue weighted by Crippen LogP contribution is -2.49. The molecule has 6 heteroatoms. The summed E-state index contributed by atoms with van der Waals surface area (Å²) in [5.41, 5.74) is 2.38. The monoisotopic (exact) mass is 457 g/mol. The summed E-state index contributed by atoms with van der Waals surface area (Å²) in [5, 5.41) is 0. The second kappa shape index (κ2) is 8.84. The summed E-state index contributed by atoms with van der Waals surface area (Å²) in [7, 11) is -0.828. The first-order valence-corrected chi connectivity index (χ1v) is 12.2. The van der Waals surface area contributed by atoms with Crippen LogP contribution in [0.15, 0.2) is 60.2 Å². The zero-order chi connectivity index (χ0) is 21.3. The molecule has 4 saturated carbocycles. The Bertz CT molecular complexity index is 958. The number of ether oxygens (including phenoxy) is 2. The zero-order valence-electron chi connectivity index (χ0n) is 17.4. The quantitative estimate of drug-likeness (QED) is 0.193. The van der Waals surface area contributed by atoms with Crippen molar-refractivity contribution in [2.45, 2.75) is 37.0 Å². The summed E-state index contributed by atoms with van der Waals surface area (Å²) in [5.74, 6) is 4.04. The van der Waals surface area contributed by atoms with Crippen LogP contribution in [0.1, 0.15) is 37.7 Å². The molecule has 0 N–H and O–H groups in total. The van der Waals surface area contributed by atoms with Gasteiger partial charge in [0.25, 0.3) is 0 Å². The van der Waals surface area contributed by atoms with Gasteiger partial charge >= 0.3 is 8.69 Å². The minimum absolute atomic E-state index is 0.0316. The molecule has 4 bridgehead atoms. The molecule has 31 heavy (non-hydrogen) atoms. The Labute approximate surface area is 189 Å². The standard InChI is InChI=1S/C25H27ClO4P/c26-25-14-17-11-19(15-25)23(20(12-17)16-25)24(18-5-4-8-22(13-18)30-31-27)29-10-9-28-21-6-2-1-3-7-21/h1-8,13,17,19-20,31H,9-12,14-16H2/q+1. The van der Waals surface area contributed by atoms with Crippen molar-refractivity contribution in [3.05, 3.63) is 65.7 Å². The van der Waals surface area contributed by atoms with Crippen molar-refractivity contribution in [1.29, 1.82) is 0 Å². The molecule has 6 rings (SSSR count). The predicted molar refractivity (Wildman–Crippen MR) is 123 cm³/mol. The maximum absolute atomic E-state index is 11.0. The number of halogens is 1. The first-order chi connectivity index (χ1) is 15.1. The van der Waals surface area contributed by atoms with Gasteiger partial charge in [-0.15, -0.1) is 11.6 Å². The van der Waals surface area contributed by atoms with Crippen molar-refractivity contribution >= 4 is 26.0 Å². The summed E-state index contributed by atoms with van der Waals surface area (Å²) in [6.45, 7) is 0.924. The Morgan fingerprint density at radius 2 is 1.71 bits per heavy atom. The first kappa shape index (κ1) is 20.8. The van der Waals surface area contributed by atoms with Gasteiger partial charge in [-0.2, -0.15) is 0 Å². The highest BCUT2D eigenvalue weighted by Gasteiger charge is 2.53. The Morgan fingerprint density at radius 1 is 0.968 bits per heavy atom. The van der Waals surface area contributed by atoms with E-state index in [0.29, 0.717) is 30.8 Å². The number of allylic oxidation sites excluding steroid dienone is 1. The molecule has 4 aliphatic carbocycles. The Balaban J connectivity index is 1.41. The van der Waals surface area contributed by atoms with Gasteiger partial charge < -0.3 is 9.47 Å². The number of benzene rings is 2. The molecule has 2 aromatic carbocycles. The molecule has 0 heterocycles. The van der Waals surface area contributed by atoms with Gasteiger partial charge in [-0.05, 0) is 84.3 Å². The summed E-state index contributed by atoms with van der Waals surface area (Å²) in [6, 6.07) is 17.5. The predicted octanol–water partition coefficient (Wildman–Crippen LogP) is 6.63. The van der Waals surface area contributed by atoms with Gasteiger partial charge in [0.2, 0.25) is 0 Å². The average molecular weight is 458 g/mol. The smallest absolute Gasteiger partial charge is 0.490 e. The molecule has 0 amide bonds. The fourth-order valence-electron chi connectivity index (χ4n) is 5.97. The van der Waals surface area contributed by atoms with E-state index in [9.17, 15) is 4.57 Å². The van der Waals surface area contributed by atoms with Crippen LogP contribution in [0.3, 0.4) is 0 Å². The molecule has 0 aliphatic heterocycles. The fourth-order valence-corrected chi connectivity index (χ4v) is 6.78. The van der Waals surface area contributed by atoms with E-state index >= 15 is 0 Å². The van der Waals surface area contributed by atoms with Crippen molar-refractivity contribution in [3.8, 4) is 11.5 Å². The van der Waals surface area contributed by atoms with Gasteiger partial charge in [0.1, 0.15) is 24.7 Å². The van der Waals surface area contributed by atoms with Gasteiger partial charge in [0, 0.05) is 10.4 Å². The summed E-state index contributed by atoms with van der Waals surface area (Å²) in [6.07, 6.45) is 5.62. The second-order valence-corrected chi connectivity index (χ2v) is 10.2. The number of rotatable bonds is 8. The van der Waals surface area contributed by atoms with Crippen LogP contribution in [0.5, 0.6) is 11.5 Å². The topological polar surface area (TPSA) is 44.8 Å². The normalized spacial score (nSPS) is 28.5. The Hall–Kier alpha value is -2.03. The molecule has 3 unspecified atom stereocenters. The molecule has 0 radical (unpaired) electrons. The molecule has 4 fully saturated rings. The fraction of sp³-hybridized carbons (Fsp3) is 0.440. The molecular weight excluding hydrogens is 431 g/mol. The van der Waals surface area contributed by atoms with Crippen LogP contribution in [-0.2, 0) is 9.30 Å². The van der Waals surface area contributed by atoms with Crippen LogP contribution >= 0.6 is 20.3 Å². The Kier molecular flexibility index (Phi) is 5.95. The van der Waals surface area contributed by atoms with Crippen LogP contribution in [0.2, 0.25) is 0 Å². The molecule has 4 aliphatic rings. The minimum atomic E-state index is -0.828. The summed E-state index contributed by atoms with van der Waals surface area (Å²) >= 11 is 6.97. The van der Waals surface area contributed by atoms with E-state index in [1.165, 1.54) is 18.4 Å². The van der Waals surface area contributed by atoms with Crippen molar-refractivity contribution in [2.75, 3.05) is 13.2 Å². The third-order valence-corrected chi connectivity index (χ3v) is 7.64. The van der Waals surface area contributed by atoms with E-state index in [-0.39, 0.29) is 4.87 Å². The highest BCUT2D eigenvalue weighted by molar-refractivity contribution is 7.17. The molecular formula is C25H27ClO4P+. The van der Waals surface area contributed by atoms with Crippen molar-refractivity contribution in [2.24, 2.45) is 17.8 Å². The van der Waals surface area contributed by atoms with Gasteiger partial charge in [-0.25, -0.2) is 0 Å². The average Bonchev–Trinajstić information content (AvgIpc) is 2.75. The molecule has 0 aromatic heterocycles. The molecule has 0 saturated heterocycles. The van der Waals surface area contributed by atoms with Crippen molar-refractivity contribution in [1.82, 2.24) is 0 Å². The van der Waals surface area contributed by atoms with Crippen molar-refractivity contribution in [3.63, 3.8) is 0 Å². The van der Waals surface area contributed by atoms with Crippen LogP contribution in [0.4, 0.5) is 0 Å². The van der Waals surface area contributed by atoms with E-state index in [0.717, 1.165) is 42.3 Å².